The fraction of sp³-hybridized carbons (Fsp3) is 0.529. The van der Waals surface area contributed by atoms with Crippen LogP contribution in [-0.2, 0) is 16.1 Å². The molecule has 0 bridgehead atoms. The average Bonchev–Trinajstić information content (AvgIpc) is 2.81. The number of carbonyl (C=O) groups excluding carboxylic acids is 2. The van der Waals surface area contributed by atoms with E-state index in [1.54, 1.807) is 11.9 Å². The van der Waals surface area contributed by atoms with Gasteiger partial charge in [0.25, 0.3) is 0 Å². The van der Waals surface area contributed by atoms with Gasteiger partial charge in [0.15, 0.2) is 0 Å². The molecule has 114 valence electrons. The van der Waals surface area contributed by atoms with Gasteiger partial charge in [-0.05, 0) is 26.3 Å². The lowest BCUT2D eigenvalue weighted by atomic mass is 10.1. The summed E-state index contributed by atoms with van der Waals surface area (Å²) in [5, 5.41) is 0. The molecule has 2 rings (SSSR count). The zero-order chi connectivity index (χ0) is 15.6. The van der Waals surface area contributed by atoms with Crippen LogP contribution in [-0.4, -0.2) is 40.7 Å². The maximum Gasteiger partial charge on any atom is 0.228 e. The molecule has 1 aliphatic heterocycles. The average molecular weight is 288 g/mol. The van der Waals surface area contributed by atoms with E-state index in [4.69, 9.17) is 0 Å². The van der Waals surface area contributed by atoms with Crippen molar-refractivity contribution in [3.63, 3.8) is 0 Å². The van der Waals surface area contributed by atoms with Crippen molar-refractivity contribution < 1.29 is 9.59 Å². The Morgan fingerprint density at radius 3 is 2.43 bits per heavy atom. The molecule has 1 aromatic carbocycles. The molecule has 1 heterocycles. The van der Waals surface area contributed by atoms with Gasteiger partial charge in [0.2, 0.25) is 11.8 Å². The molecule has 1 saturated heterocycles. The van der Waals surface area contributed by atoms with Crippen molar-refractivity contribution in [1.29, 1.82) is 0 Å². The van der Waals surface area contributed by atoms with Crippen molar-refractivity contribution in [2.45, 2.75) is 39.3 Å². The third-order valence-corrected chi connectivity index (χ3v) is 3.92. The first-order valence-electron chi connectivity index (χ1n) is 7.38. The molecule has 4 heteroatoms. The maximum atomic E-state index is 12.5. The van der Waals surface area contributed by atoms with Gasteiger partial charge < -0.3 is 9.80 Å². The molecular weight excluding hydrogens is 264 g/mol. The van der Waals surface area contributed by atoms with E-state index in [0.717, 1.165) is 5.56 Å². The van der Waals surface area contributed by atoms with E-state index in [-0.39, 0.29) is 23.3 Å². The van der Waals surface area contributed by atoms with Gasteiger partial charge in [-0.3, -0.25) is 9.59 Å². The van der Waals surface area contributed by atoms with Crippen molar-refractivity contribution in [1.82, 2.24) is 9.80 Å². The maximum absolute atomic E-state index is 12.5. The number of hydrogen-bond acceptors (Lipinski definition) is 2. The first-order valence-corrected chi connectivity index (χ1v) is 7.38. The van der Waals surface area contributed by atoms with Crippen LogP contribution in [0.4, 0.5) is 0 Å². The Kier molecular flexibility index (Phi) is 4.35. The molecule has 4 nitrogen and oxygen atoms in total. The van der Waals surface area contributed by atoms with E-state index in [1.807, 2.05) is 56.0 Å². The fourth-order valence-electron chi connectivity index (χ4n) is 2.77. The van der Waals surface area contributed by atoms with E-state index < -0.39 is 0 Å². The van der Waals surface area contributed by atoms with E-state index >= 15 is 0 Å². The summed E-state index contributed by atoms with van der Waals surface area (Å²) in [5.74, 6) is -0.0849. The Morgan fingerprint density at radius 2 is 1.90 bits per heavy atom. The Labute approximate surface area is 126 Å². The number of rotatable bonds is 3. The van der Waals surface area contributed by atoms with Gasteiger partial charge in [0.1, 0.15) is 0 Å². The summed E-state index contributed by atoms with van der Waals surface area (Å²) in [6.07, 6.45) is 0.329. The van der Waals surface area contributed by atoms with Crippen LogP contribution < -0.4 is 0 Å². The van der Waals surface area contributed by atoms with E-state index in [2.05, 4.69) is 0 Å². The first-order chi connectivity index (χ1) is 9.79. The number of likely N-dealkylation sites (tertiary alicyclic amines) is 1. The quantitative estimate of drug-likeness (QED) is 0.856. The topological polar surface area (TPSA) is 40.6 Å². The Morgan fingerprint density at radius 1 is 1.29 bits per heavy atom. The van der Waals surface area contributed by atoms with Crippen molar-refractivity contribution in [3.05, 3.63) is 35.9 Å². The largest absolute Gasteiger partial charge is 0.341 e. The third-order valence-electron chi connectivity index (χ3n) is 3.92. The molecule has 21 heavy (non-hydrogen) atoms. The number of amides is 2. The number of benzene rings is 1. The third kappa shape index (κ3) is 3.63. The molecule has 0 saturated carbocycles. The number of carbonyl (C=O) groups is 2. The molecule has 1 unspecified atom stereocenters. The minimum Gasteiger partial charge on any atom is -0.341 e. The standard InChI is InChI=1S/C17H24N2O2/c1-17(2,3)19-12-14(10-15(19)20)16(21)18(4)11-13-8-6-5-7-9-13/h5-9,14H,10-12H2,1-4H3. The predicted molar refractivity (Wildman–Crippen MR) is 82.5 cm³/mol. The molecule has 0 aliphatic carbocycles. The number of nitrogens with zero attached hydrogens (tertiary/aromatic N) is 2. The minimum absolute atomic E-state index is 0.0546. The highest BCUT2D eigenvalue weighted by Crippen LogP contribution is 2.27. The second-order valence-electron chi connectivity index (χ2n) is 6.76. The van der Waals surface area contributed by atoms with Crippen LogP contribution in [0.3, 0.4) is 0 Å². The van der Waals surface area contributed by atoms with Crippen molar-refractivity contribution in [3.8, 4) is 0 Å². The van der Waals surface area contributed by atoms with Crippen LogP contribution in [0, 0.1) is 5.92 Å². The summed E-state index contributed by atoms with van der Waals surface area (Å²) >= 11 is 0. The normalized spacial score (nSPS) is 19.0. The van der Waals surface area contributed by atoms with Crippen molar-refractivity contribution >= 4 is 11.8 Å². The lowest BCUT2D eigenvalue weighted by Gasteiger charge is -2.32. The van der Waals surface area contributed by atoms with Crippen molar-refractivity contribution in [2.75, 3.05) is 13.6 Å². The summed E-state index contributed by atoms with van der Waals surface area (Å²) in [4.78, 5) is 28.1. The zero-order valence-electron chi connectivity index (χ0n) is 13.3. The molecule has 1 aromatic rings. The Balaban J connectivity index is 1.99. The Bertz CT molecular complexity index is 519. The predicted octanol–water partition coefficient (Wildman–Crippen LogP) is 2.29. The highest BCUT2D eigenvalue weighted by atomic mass is 16.2. The van der Waals surface area contributed by atoms with Gasteiger partial charge >= 0.3 is 0 Å². The molecule has 2 amide bonds. The molecule has 0 aromatic heterocycles. The molecule has 0 N–H and O–H groups in total. The fourth-order valence-corrected chi connectivity index (χ4v) is 2.77. The highest BCUT2D eigenvalue weighted by Gasteiger charge is 2.40. The van der Waals surface area contributed by atoms with Gasteiger partial charge in [-0.2, -0.15) is 0 Å². The van der Waals surface area contributed by atoms with Crippen LogP contribution in [0.25, 0.3) is 0 Å². The summed E-state index contributed by atoms with van der Waals surface area (Å²) in [6.45, 7) is 7.13. The summed E-state index contributed by atoms with van der Waals surface area (Å²) < 4.78 is 0. The molecule has 1 atom stereocenters. The molecule has 0 radical (unpaired) electrons. The molecule has 1 fully saturated rings. The van der Waals surface area contributed by atoms with Gasteiger partial charge in [0, 0.05) is 32.1 Å². The van der Waals surface area contributed by atoms with Crippen LogP contribution in [0.2, 0.25) is 0 Å². The van der Waals surface area contributed by atoms with Crippen LogP contribution >= 0.6 is 0 Å². The number of hydrogen-bond donors (Lipinski definition) is 0. The first kappa shape index (κ1) is 15.5. The smallest absolute Gasteiger partial charge is 0.228 e. The molecule has 0 spiro atoms. The van der Waals surface area contributed by atoms with E-state index in [1.165, 1.54) is 0 Å². The van der Waals surface area contributed by atoms with E-state index in [9.17, 15) is 9.59 Å². The SMILES string of the molecule is CN(Cc1ccccc1)C(=O)C1CC(=O)N(C(C)(C)C)C1. The second-order valence-corrected chi connectivity index (χ2v) is 6.76. The van der Waals surface area contributed by atoms with Crippen LogP contribution in [0.15, 0.2) is 30.3 Å². The van der Waals surface area contributed by atoms with Crippen LogP contribution in [0.1, 0.15) is 32.8 Å². The lowest BCUT2D eigenvalue weighted by Crippen LogP contribution is -2.43. The lowest BCUT2D eigenvalue weighted by molar-refractivity contribution is -0.135. The highest BCUT2D eigenvalue weighted by molar-refractivity contribution is 5.89. The van der Waals surface area contributed by atoms with Gasteiger partial charge in [-0.25, -0.2) is 0 Å². The second kappa shape index (κ2) is 5.88. The van der Waals surface area contributed by atoms with Gasteiger partial charge in [0.05, 0.1) is 5.92 Å². The molecular formula is C17H24N2O2. The van der Waals surface area contributed by atoms with Crippen molar-refractivity contribution in [2.24, 2.45) is 5.92 Å². The van der Waals surface area contributed by atoms with Crippen LogP contribution in [0.5, 0.6) is 0 Å². The minimum atomic E-state index is -0.218. The monoisotopic (exact) mass is 288 g/mol. The van der Waals surface area contributed by atoms with Gasteiger partial charge in [-0.1, -0.05) is 30.3 Å². The Hall–Kier alpha value is -1.84. The molecule has 1 aliphatic rings. The summed E-state index contributed by atoms with van der Waals surface area (Å²) in [7, 11) is 1.81. The summed E-state index contributed by atoms with van der Waals surface area (Å²) in [6, 6.07) is 9.90. The zero-order valence-corrected chi connectivity index (χ0v) is 13.3. The van der Waals surface area contributed by atoms with E-state index in [0.29, 0.717) is 19.5 Å². The summed E-state index contributed by atoms with van der Waals surface area (Å²) in [5.41, 5.74) is 0.884. The van der Waals surface area contributed by atoms with Gasteiger partial charge in [-0.15, -0.1) is 0 Å².